The van der Waals surface area contributed by atoms with Gasteiger partial charge >= 0.3 is 6.01 Å². The predicted molar refractivity (Wildman–Crippen MR) is 67.7 cm³/mol. The molecule has 0 saturated heterocycles. The van der Waals surface area contributed by atoms with E-state index in [0.717, 1.165) is 12.0 Å². The number of pyridine rings is 1. The minimum atomic E-state index is 0.153. The van der Waals surface area contributed by atoms with E-state index in [1.165, 1.54) is 0 Å². The molecule has 2 heterocycles. The Morgan fingerprint density at radius 1 is 1.17 bits per heavy atom. The summed E-state index contributed by atoms with van der Waals surface area (Å²) in [6.07, 6.45) is 4.93. The molecule has 0 N–H and O–H groups in total. The van der Waals surface area contributed by atoms with Gasteiger partial charge in [0.15, 0.2) is 0 Å². The number of rotatable bonds is 5. The highest BCUT2D eigenvalue weighted by atomic mass is 35.5. The number of hydrogen-bond acceptors (Lipinski definition) is 5. The van der Waals surface area contributed by atoms with Crippen molar-refractivity contribution in [1.29, 1.82) is 0 Å². The number of ether oxygens (including phenoxy) is 1. The fraction of sp³-hybridized carbons (Fsp3) is 0.333. The molecule has 18 heavy (non-hydrogen) atoms. The van der Waals surface area contributed by atoms with E-state index in [1.807, 2.05) is 19.1 Å². The Bertz CT molecular complexity index is 507. The Kier molecular flexibility index (Phi) is 4.41. The fourth-order valence-corrected chi connectivity index (χ4v) is 1.56. The molecule has 6 heteroatoms. The lowest BCUT2D eigenvalue weighted by Crippen LogP contribution is -2.05. The van der Waals surface area contributed by atoms with Gasteiger partial charge in [0.1, 0.15) is 5.82 Å². The van der Waals surface area contributed by atoms with Gasteiger partial charge in [0.05, 0.1) is 6.61 Å². The summed E-state index contributed by atoms with van der Waals surface area (Å²) in [5, 5.41) is 0.153. The highest BCUT2D eigenvalue weighted by Gasteiger charge is 2.06. The molecule has 0 amide bonds. The first kappa shape index (κ1) is 12.7. The van der Waals surface area contributed by atoms with Crippen molar-refractivity contribution in [2.75, 3.05) is 6.61 Å². The minimum Gasteiger partial charge on any atom is -0.463 e. The average Bonchev–Trinajstić information content (AvgIpc) is 2.37. The van der Waals surface area contributed by atoms with Gasteiger partial charge in [-0.15, -0.1) is 0 Å². The van der Waals surface area contributed by atoms with E-state index < -0.39 is 0 Å². The van der Waals surface area contributed by atoms with Crippen molar-refractivity contribution in [3.05, 3.63) is 41.2 Å². The third-order valence-electron chi connectivity index (χ3n) is 2.18. The first-order chi connectivity index (χ1) is 8.78. The molecule has 2 aromatic rings. The van der Waals surface area contributed by atoms with E-state index in [2.05, 4.69) is 19.9 Å². The number of nitrogens with zero attached hydrogens (tertiary/aromatic N) is 4. The second kappa shape index (κ2) is 6.26. The lowest BCUT2D eigenvalue weighted by Gasteiger charge is -2.05. The van der Waals surface area contributed by atoms with E-state index in [9.17, 15) is 0 Å². The van der Waals surface area contributed by atoms with Gasteiger partial charge in [-0.1, -0.05) is 6.92 Å². The average molecular weight is 265 g/mol. The Morgan fingerprint density at radius 2 is 1.94 bits per heavy atom. The first-order valence-electron chi connectivity index (χ1n) is 5.70. The number of halogens is 1. The summed E-state index contributed by atoms with van der Waals surface area (Å²) in [5.74, 6) is 0.590. The van der Waals surface area contributed by atoms with Crippen molar-refractivity contribution >= 4 is 11.6 Å². The maximum Gasteiger partial charge on any atom is 0.320 e. The maximum atomic E-state index is 5.84. The molecule has 94 valence electrons. The summed E-state index contributed by atoms with van der Waals surface area (Å²) < 4.78 is 5.36. The van der Waals surface area contributed by atoms with Crippen LogP contribution in [0.2, 0.25) is 5.28 Å². The van der Waals surface area contributed by atoms with Gasteiger partial charge in [0.25, 0.3) is 0 Å². The van der Waals surface area contributed by atoms with Crippen LogP contribution in [-0.4, -0.2) is 26.5 Å². The molecule has 0 aliphatic rings. The fourth-order valence-electron chi connectivity index (χ4n) is 1.39. The number of hydrogen-bond donors (Lipinski definition) is 0. The molecule has 0 atom stereocenters. The highest BCUT2D eigenvalue weighted by Crippen LogP contribution is 2.11. The summed E-state index contributed by atoms with van der Waals surface area (Å²) in [6, 6.07) is 4.09. The molecule has 2 aromatic heterocycles. The molecule has 0 fully saturated rings. The van der Waals surface area contributed by atoms with Gasteiger partial charge in [-0.25, -0.2) is 4.98 Å². The molecular formula is C12H13ClN4O. The van der Waals surface area contributed by atoms with Crippen LogP contribution in [0.5, 0.6) is 6.01 Å². The summed E-state index contributed by atoms with van der Waals surface area (Å²) in [7, 11) is 0. The Hall–Kier alpha value is -1.75. The topological polar surface area (TPSA) is 60.8 Å². The molecule has 0 radical (unpaired) electrons. The van der Waals surface area contributed by atoms with Crippen LogP contribution < -0.4 is 4.74 Å². The first-order valence-corrected chi connectivity index (χ1v) is 6.08. The van der Waals surface area contributed by atoms with Gasteiger partial charge in [0, 0.05) is 18.8 Å². The van der Waals surface area contributed by atoms with Crippen molar-refractivity contribution < 1.29 is 4.74 Å². The third kappa shape index (κ3) is 3.63. The summed E-state index contributed by atoms with van der Waals surface area (Å²) in [4.78, 5) is 16.2. The van der Waals surface area contributed by atoms with Crippen LogP contribution >= 0.6 is 11.6 Å². The predicted octanol–water partition coefficient (Wildman–Crippen LogP) is 2.30. The van der Waals surface area contributed by atoms with Crippen molar-refractivity contribution in [3.63, 3.8) is 0 Å². The smallest absolute Gasteiger partial charge is 0.320 e. The lowest BCUT2D eigenvalue weighted by atomic mass is 10.2. The van der Waals surface area contributed by atoms with Crippen molar-refractivity contribution in [2.24, 2.45) is 0 Å². The maximum absolute atomic E-state index is 5.84. The third-order valence-corrected chi connectivity index (χ3v) is 2.35. The molecule has 0 bridgehead atoms. The molecule has 0 aliphatic carbocycles. The Morgan fingerprint density at radius 3 is 2.67 bits per heavy atom. The quantitative estimate of drug-likeness (QED) is 0.829. The van der Waals surface area contributed by atoms with Crippen molar-refractivity contribution in [3.8, 4) is 6.01 Å². The second-order valence-corrected chi connectivity index (χ2v) is 4.02. The zero-order valence-corrected chi connectivity index (χ0v) is 10.8. The van der Waals surface area contributed by atoms with Gasteiger partial charge in [-0.2, -0.15) is 9.97 Å². The van der Waals surface area contributed by atoms with Crippen LogP contribution in [-0.2, 0) is 6.42 Å². The van der Waals surface area contributed by atoms with E-state index in [-0.39, 0.29) is 11.3 Å². The van der Waals surface area contributed by atoms with Crippen LogP contribution in [0.3, 0.4) is 0 Å². The summed E-state index contributed by atoms with van der Waals surface area (Å²) in [5.41, 5.74) is 1.06. The van der Waals surface area contributed by atoms with Crippen LogP contribution in [0.15, 0.2) is 24.5 Å². The normalized spacial score (nSPS) is 10.3. The standard InChI is InChI=1S/C12H13ClN4O/c1-2-7-18-12-16-10(15-11(13)17-12)8-9-3-5-14-6-4-9/h3-6H,2,7-8H2,1H3. The monoisotopic (exact) mass is 264 g/mol. The summed E-state index contributed by atoms with van der Waals surface area (Å²) >= 11 is 5.84. The van der Waals surface area contributed by atoms with Crippen molar-refractivity contribution in [1.82, 2.24) is 19.9 Å². The zero-order chi connectivity index (χ0) is 12.8. The minimum absolute atomic E-state index is 0.153. The molecule has 0 aliphatic heterocycles. The molecule has 0 spiro atoms. The van der Waals surface area contributed by atoms with E-state index >= 15 is 0 Å². The van der Waals surface area contributed by atoms with Gasteiger partial charge < -0.3 is 4.74 Å². The van der Waals surface area contributed by atoms with Gasteiger partial charge in [-0.05, 0) is 35.7 Å². The van der Waals surface area contributed by atoms with Crippen LogP contribution in [0.4, 0.5) is 0 Å². The van der Waals surface area contributed by atoms with Crippen LogP contribution in [0.25, 0.3) is 0 Å². The second-order valence-electron chi connectivity index (χ2n) is 3.68. The highest BCUT2D eigenvalue weighted by molar-refractivity contribution is 6.28. The SMILES string of the molecule is CCCOc1nc(Cl)nc(Cc2ccncc2)n1. The zero-order valence-electron chi connectivity index (χ0n) is 10.0. The van der Waals surface area contributed by atoms with Gasteiger partial charge in [-0.3, -0.25) is 4.98 Å². The molecular weight excluding hydrogens is 252 g/mol. The molecule has 0 aromatic carbocycles. The van der Waals surface area contributed by atoms with E-state index in [0.29, 0.717) is 18.9 Å². The molecule has 5 nitrogen and oxygen atoms in total. The van der Waals surface area contributed by atoms with E-state index in [1.54, 1.807) is 12.4 Å². The lowest BCUT2D eigenvalue weighted by molar-refractivity contribution is 0.290. The molecule has 0 unspecified atom stereocenters. The van der Waals surface area contributed by atoms with Crippen LogP contribution in [0.1, 0.15) is 24.7 Å². The summed E-state index contributed by atoms with van der Waals surface area (Å²) in [6.45, 7) is 2.58. The van der Waals surface area contributed by atoms with Crippen molar-refractivity contribution in [2.45, 2.75) is 19.8 Å². The van der Waals surface area contributed by atoms with Gasteiger partial charge in [0.2, 0.25) is 5.28 Å². The Balaban J connectivity index is 2.15. The molecule has 2 rings (SSSR count). The Labute approximate surface area is 110 Å². The largest absolute Gasteiger partial charge is 0.463 e. The molecule has 0 saturated carbocycles. The number of aromatic nitrogens is 4. The van der Waals surface area contributed by atoms with Crippen LogP contribution in [0, 0.1) is 0 Å². The van der Waals surface area contributed by atoms with E-state index in [4.69, 9.17) is 16.3 Å².